The Kier molecular flexibility index (Phi) is 3.09. The molecule has 1 aromatic heterocycles. The number of ether oxygens (including phenoxy) is 1. The van der Waals surface area contributed by atoms with Crippen LogP contribution in [0.1, 0.15) is 17.3 Å². The van der Waals surface area contributed by atoms with Crippen LogP contribution in [0.5, 0.6) is 0 Å². The second-order valence-electron chi connectivity index (χ2n) is 3.44. The molecule has 0 amide bonds. The van der Waals surface area contributed by atoms with Crippen molar-refractivity contribution < 1.29 is 9.53 Å². The Hall–Kier alpha value is -2.30. The summed E-state index contributed by atoms with van der Waals surface area (Å²) in [5.74, 6) is -0.369. The van der Waals surface area contributed by atoms with Crippen molar-refractivity contribution in [1.29, 1.82) is 0 Å². The van der Waals surface area contributed by atoms with Crippen molar-refractivity contribution in [2.75, 3.05) is 12.3 Å². The Balaban J connectivity index is 2.32. The molecule has 0 saturated heterocycles. The number of carbonyl (C=O) groups excluding carboxylic acids is 1. The van der Waals surface area contributed by atoms with Gasteiger partial charge in [-0.05, 0) is 31.2 Å². The summed E-state index contributed by atoms with van der Waals surface area (Å²) in [6.45, 7) is 2.11. The molecule has 1 heterocycles. The third-order valence-corrected chi connectivity index (χ3v) is 2.29. The number of hydrogen-bond donors (Lipinski definition) is 1. The average molecular weight is 231 g/mol. The van der Waals surface area contributed by atoms with Gasteiger partial charge in [-0.3, -0.25) is 0 Å². The van der Waals surface area contributed by atoms with Crippen LogP contribution in [0.25, 0.3) is 5.69 Å². The molecule has 2 rings (SSSR count). The monoisotopic (exact) mass is 231 g/mol. The molecule has 0 atom stereocenters. The number of esters is 1. The predicted octanol–water partition coefficient (Wildman–Crippen LogP) is 1.63. The van der Waals surface area contributed by atoms with Crippen molar-refractivity contribution in [2.45, 2.75) is 6.92 Å². The highest BCUT2D eigenvalue weighted by Crippen LogP contribution is 2.18. The average Bonchev–Trinajstić information content (AvgIpc) is 2.82. The van der Waals surface area contributed by atoms with E-state index in [4.69, 9.17) is 10.5 Å². The molecule has 17 heavy (non-hydrogen) atoms. The third kappa shape index (κ3) is 2.28. The minimum Gasteiger partial charge on any atom is -0.462 e. The molecule has 88 valence electrons. The molecule has 5 nitrogen and oxygen atoms in total. The van der Waals surface area contributed by atoms with Gasteiger partial charge in [0.2, 0.25) is 0 Å². The second kappa shape index (κ2) is 4.69. The van der Waals surface area contributed by atoms with Gasteiger partial charge in [0.1, 0.15) is 0 Å². The molecule has 5 heteroatoms. The van der Waals surface area contributed by atoms with E-state index in [1.807, 2.05) is 0 Å². The van der Waals surface area contributed by atoms with Gasteiger partial charge < -0.3 is 10.5 Å². The van der Waals surface area contributed by atoms with E-state index in [2.05, 4.69) is 5.10 Å². The number of nitrogens with two attached hydrogens (primary N) is 1. The van der Waals surface area contributed by atoms with Gasteiger partial charge in [-0.2, -0.15) is 5.10 Å². The number of carbonyl (C=O) groups is 1. The summed E-state index contributed by atoms with van der Waals surface area (Å²) in [7, 11) is 0. The van der Waals surface area contributed by atoms with E-state index in [1.165, 1.54) is 0 Å². The Morgan fingerprint density at radius 1 is 1.53 bits per heavy atom. The highest BCUT2D eigenvalue weighted by molar-refractivity contribution is 5.91. The standard InChI is InChI=1S/C12H13N3O2/c1-2-17-12(16)9-4-5-11(10(13)8-9)15-7-3-6-14-15/h3-8H,2,13H2,1H3. The van der Waals surface area contributed by atoms with Crippen LogP contribution in [0.3, 0.4) is 0 Å². The predicted molar refractivity (Wildman–Crippen MR) is 63.9 cm³/mol. The van der Waals surface area contributed by atoms with Crippen LogP contribution in [0.15, 0.2) is 36.7 Å². The molecule has 0 aliphatic rings. The van der Waals surface area contributed by atoms with Crippen LogP contribution in [0, 0.1) is 0 Å². The molecule has 1 aromatic carbocycles. The number of benzene rings is 1. The minimum absolute atomic E-state index is 0.347. The van der Waals surface area contributed by atoms with Crippen molar-refractivity contribution in [3.63, 3.8) is 0 Å². The van der Waals surface area contributed by atoms with E-state index in [-0.39, 0.29) is 5.97 Å². The smallest absolute Gasteiger partial charge is 0.338 e. The summed E-state index contributed by atoms with van der Waals surface area (Å²) >= 11 is 0. The topological polar surface area (TPSA) is 70.1 Å². The Bertz CT molecular complexity index is 521. The maximum atomic E-state index is 11.5. The van der Waals surface area contributed by atoms with Gasteiger partial charge in [-0.25, -0.2) is 9.48 Å². The van der Waals surface area contributed by atoms with E-state index in [1.54, 1.807) is 48.3 Å². The Labute approximate surface area is 98.8 Å². The van der Waals surface area contributed by atoms with Gasteiger partial charge in [0, 0.05) is 12.4 Å². The Morgan fingerprint density at radius 2 is 2.35 bits per heavy atom. The molecule has 0 saturated carbocycles. The summed E-state index contributed by atoms with van der Waals surface area (Å²) in [6, 6.07) is 6.81. The van der Waals surface area contributed by atoms with Gasteiger partial charge >= 0.3 is 5.97 Å². The summed E-state index contributed by atoms with van der Waals surface area (Å²) in [6.07, 6.45) is 3.45. The maximum Gasteiger partial charge on any atom is 0.338 e. The molecular weight excluding hydrogens is 218 g/mol. The van der Waals surface area contributed by atoms with Crippen LogP contribution < -0.4 is 5.73 Å². The zero-order valence-electron chi connectivity index (χ0n) is 9.46. The first-order valence-electron chi connectivity index (χ1n) is 5.29. The number of anilines is 1. The lowest BCUT2D eigenvalue weighted by atomic mass is 10.2. The van der Waals surface area contributed by atoms with Crippen molar-refractivity contribution >= 4 is 11.7 Å². The quantitative estimate of drug-likeness (QED) is 0.643. The summed E-state index contributed by atoms with van der Waals surface area (Å²) < 4.78 is 6.54. The molecule has 0 aliphatic heterocycles. The number of aromatic nitrogens is 2. The first-order valence-corrected chi connectivity index (χ1v) is 5.29. The zero-order valence-corrected chi connectivity index (χ0v) is 9.46. The van der Waals surface area contributed by atoms with Crippen molar-refractivity contribution in [3.8, 4) is 5.69 Å². The Morgan fingerprint density at radius 3 is 2.94 bits per heavy atom. The number of hydrogen-bond acceptors (Lipinski definition) is 4. The molecule has 0 bridgehead atoms. The van der Waals surface area contributed by atoms with E-state index >= 15 is 0 Å². The number of rotatable bonds is 3. The highest BCUT2D eigenvalue weighted by Gasteiger charge is 2.09. The fourth-order valence-electron chi connectivity index (χ4n) is 1.52. The lowest BCUT2D eigenvalue weighted by molar-refractivity contribution is 0.0526. The van der Waals surface area contributed by atoms with Gasteiger partial charge in [0.25, 0.3) is 0 Å². The molecular formula is C12H13N3O2. The van der Waals surface area contributed by atoms with Crippen LogP contribution >= 0.6 is 0 Å². The van der Waals surface area contributed by atoms with Gasteiger partial charge in [0.05, 0.1) is 23.5 Å². The maximum absolute atomic E-state index is 11.5. The van der Waals surface area contributed by atoms with Crippen molar-refractivity contribution in [1.82, 2.24) is 9.78 Å². The van der Waals surface area contributed by atoms with Crippen LogP contribution in [-0.4, -0.2) is 22.4 Å². The largest absolute Gasteiger partial charge is 0.462 e. The summed E-state index contributed by atoms with van der Waals surface area (Å²) in [5, 5.41) is 4.08. The van der Waals surface area contributed by atoms with Gasteiger partial charge in [-0.1, -0.05) is 0 Å². The molecule has 0 fully saturated rings. The minimum atomic E-state index is -0.369. The summed E-state index contributed by atoms with van der Waals surface area (Å²) in [5.41, 5.74) is 7.55. The lowest BCUT2D eigenvalue weighted by Crippen LogP contribution is -2.07. The van der Waals surface area contributed by atoms with Crippen LogP contribution in [0.2, 0.25) is 0 Å². The van der Waals surface area contributed by atoms with E-state index < -0.39 is 0 Å². The first-order chi connectivity index (χ1) is 8.22. The van der Waals surface area contributed by atoms with E-state index in [0.717, 1.165) is 5.69 Å². The fourth-order valence-corrected chi connectivity index (χ4v) is 1.52. The van der Waals surface area contributed by atoms with Gasteiger partial charge in [0.15, 0.2) is 0 Å². The first kappa shape index (κ1) is 11.2. The van der Waals surface area contributed by atoms with Crippen molar-refractivity contribution in [2.24, 2.45) is 0 Å². The number of nitrogen functional groups attached to an aromatic ring is 1. The molecule has 0 unspecified atom stereocenters. The molecule has 0 radical (unpaired) electrons. The van der Waals surface area contributed by atoms with E-state index in [9.17, 15) is 4.79 Å². The molecule has 0 aliphatic carbocycles. The molecule has 2 N–H and O–H groups in total. The normalized spacial score (nSPS) is 10.2. The lowest BCUT2D eigenvalue weighted by Gasteiger charge is -2.07. The fraction of sp³-hybridized carbons (Fsp3) is 0.167. The van der Waals surface area contributed by atoms with Gasteiger partial charge in [-0.15, -0.1) is 0 Å². The summed E-state index contributed by atoms with van der Waals surface area (Å²) in [4.78, 5) is 11.5. The van der Waals surface area contributed by atoms with E-state index in [0.29, 0.717) is 17.9 Å². The molecule has 0 spiro atoms. The number of nitrogens with zero attached hydrogens (tertiary/aromatic N) is 2. The van der Waals surface area contributed by atoms with Crippen LogP contribution in [0.4, 0.5) is 5.69 Å². The van der Waals surface area contributed by atoms with Crippen molar-refractivity contribution in [3.05, 3.63) is 42.2 Å². The zero-order chi connectivity index (χ0) is 12.3. The third-order valence-electron chi connectivity index (χ3n) is 2.29. The molecule has 2 aromatic rings. The second-order valence-corrected chi connectivity index (χ2v) is 3.44. The SMILES string of the molecule is CCOC(=O)c1ccc(-n2cccn2)c(N)c1. The highest BCUT2D eigenvalue weighted by atomic mass is 16.5. The van der Waals surface area contributed by atoms with Crippen LogP contribution in [-0.2, 0) is 4.74 Å².